The van der Waals surface area contributed by atoms with Gasteiger partial charge < -0.3 is 5.32 Å². The lowest BCUT2D eigenvalue weighted by atomic mass is 10.1. The lowest BCUT2D eigenvalue weighted by molar-refractivity contribution is -0.119. The largest absolute Gasteiger partial charge is 0.365 e. The van der Waals surface area contributed by atoms with E-state index in [0.717, 1.165) is 27.9 Å². The first-order chi connectivity index (χ1) is 12.8. The number of rotatable bonds is 4. The lowest BCUT2D eigenvalue weighted by Crippen LogP contribution is -2.35. The monoisotopic (exact) mass is 370 g/mol. The maximum absolute atomic E-state index is 13.7. The Kier molecular flexibility index (Phi) is 5.07. The third kappa shape index (κ3) is 4.05. The second-order valence-corrected chi connectivity index (χ2v) is 6.02. The molecule has 1 aromatic heterocycles. The topological polar surface area (TPSA) is 76.9 Å². The third-order valence-electron chi connectivity index (χ3n) is 4.00. The van der Waals surface area contributed by atoms with E-state index in [1.807, 2.05) is 31.2 Å². The number of halogens is 2. The first-order valence-electron chi connectivity index (χ1n) is 8.14. The molecule has 0 aliphatic carbocycles. The fraction of sp³-hybridized carbons (Fsp3) is 0.158. The maximum atomic E-state index is 13.7. The Bertz CT molecular complexity index is 1050. The highest BCUT2D eigenvalue weighted by Crippen LogP contribution is 2.17. The second kappa shape index (κ2) is 7.45. The minimum Gasteiger partial charge on any atom is -0.322 e. The number of aryl methyl sites for hydroxylation is 1. The number of benzene rings is 2. The summed E-state index contributed by atoms with van der Waals surface area (Å²) in [5.41, 5.74) is 1.27. The fourth-order valence-corrected chi connectivity index (χ4v) is 2.42. The highest BCUT2D eigenvalue weighted by Gasteiger charge is 2.20. The van der Waals surface area contributed by atoms with Gasteiger partial charge in [0.1, 0.15) is 17.7 Å². The van der Waals surface area contributed by atoms with Crippen LogP contribution in [0, 0.1) is 18.6 Å². The van der Waals surface area contributed by atoms with Crippen molar-refractivity contribution in [2.75, 3.05) is 5.32 Å². The van der Waals surface area contributed by atoms with Crippen LogP contribution in [0.15, 0.2) is 53.5 Å². The van der Waals surface area contributed by atoms with Crippen molar-refractivity contribution in [3.63, 3.8) is 0 Å². The van der Waals surface area contributed by atoms with Crippen LogP contribution in [-0.4, -0.2) is 20.7 Å². The molecule has 1 amide bonds. The number of hydrogen-bond acceptors (Lipinski definition) is 4. The van der Waals surface area contributed by atoms with Crippen molar-refractivity contribution >= 4 is 11.6 Å². The predicted molar refractivity (Wildman–Crippen MR) is 96.2 cm³/mol. The number of amides is 1. The van der Waals surface area contributed by atoms with Crippen molar-refractivity contribution in [3.8, 4) is 11.3 Å². The molecule has 1 atom stereocenters. The van der Waals surface area contributed by atoms with Gasteiger partial charge in [0.25, 0.3) is 0 Å². The van der Waals surface area contributed by atoms with Gasteiger partial charge in [0.05, 0.1) is 17.6 Å². The molecule has 0 aliphatic heterocycles. The summed E-state index contributed by atoms with van der Waals surface area (Å²) < 4.78 is 27.5. The molecular weight excluding hydrogens is 354 g/mol. The molecule has 8 heteroatoms. The van der Waals surface area contributed by atoms with E-state index in [4.69, 9.17) is 0 Å². The summed E-state index contributed by atoms with van der Waals surface area (Å²) in [6.45, 7) is 3.37. The van der Waals surface area contributed by atoms with Gasteiger partial charge in [-0.15, -0.1) is 0 Å². The summed E-state index contributed by atoms with van der Waals surface area (Å²) in [5.74, 6) is -2.35. The molecule has 1 N–H and O–H groups in total. The Morgan fingerprint density at radius 1 is 1.15 bits per heavy atom. The number of anilines is 1. The number of nitrogens with one attached hydrogen (secondary N) is 1. The van der Waals surface area contributed by atoms with E-state index in [-0.39, 0.29) is 5.69 Å². The number of carbonyl (C=O) groups excluding carboxylic acids is 1. The van der Waals surface area contributed by atoms with Crippen LogP contribution >= 0.6 is 0 Å². The second-order valence-electron chi connectivity index (χ2n) is 6.02. The maximum Gasteiger partial charge on any atom is 0.365 e. The summed E-state index contributed by atoms with van der Waals surface area (Å²) in [5, 5.41) is 6.31. The van der Waals surface area contributed by atoms with E-state index in [2.05, 4.69) is 15.4 Å². The van der Waals surface area contributed by atoms with E-state index in [1.54, 1.807) is 0 Å². The molecular formula is C19H16F2N4O2. The van der Waals surface area contributed by atoms with Crippen LogP contribution in [0.25, 0.3) is 11.3 Å². The van der Waals surface area contributed by atoms with Crippen molar-refractivity contribution in [1.82, 2.24) is 14.8 Å². The standard InChI is InChI=1S/C19H16F2N4O2/c1-11-3-5-13(6-4-11)17-10-22-25(19(27)24-17)12(2)18(26)23-16-8-7-14(20)9-15(16)21/h3-10,12H,1-2H3,(H,23,26)/t12-/m1/s1. The molecule has 138 valence electrons. The fourth-order valence-electron chi connectivity index (χ4n) is 2.42. The molecule has 0 unspecified atom stereocenters. The summed E-state index contributed by atoms with van der Waals surface area (Å²) in [4.78, 5) is 28.5. The number of aromatic nitrogens is 3. The summed E-state index contributed by atoms with van der Waals surface area (Å²) >= 11 is 0. The molecule has 0 saturated carbocycles. The van der Waals surface area contributed by atoms with Crippen LogP contribution < -0.4 is 11.0 Å². The smallest absolute Gasteiger partial charge is 0.322 e. The van der Waals surface area contributed by atoms with Gasteiger partial charge in [-0.25, -0.2) is 18.3 Å². The zero-order valence-electron chi connectivity index (χ0n) is 14.6. The minimum absolute atomic E-state index is 0.189. The van der Waals surface area contributed by atoms with Crippen molar-refractivity contribution in [2.45, 2.75) is 19.9 Å². The zero-order chi connectivity index (χ0) is 19.6. The number of carbonyl (C=O) groups is 1. The van der Waals surface area contributed by atoms with E-state index < -0.39 is 29.3 Å². The van der Waals surface area contributed by atoms with Gasteiger partial charge in [-0.05, 0) is 26.0 Å². The Labute approximate surface area is 153 Å². The Morgan fingerprint density at radius 3 is 2.48 bits per heavy atom. The van der Waals surface area contributed by atoms with Crippen molar-refractivity contribution in [2.24, 2.45) is 0 Å². The Hall–Kier alpha value is -3.42. The predicted octanol–water partition coefficient (Wildman–Crippen LogP) is 3.09. The van der Waals surface area contributed by atoms with Gasteiger partial charge in [-0.1, -0.05) is 29.8 Å². The van der Waals surface area contributed by atoms with Crippen molar-refractivity contribution in [1.29, 1.82) is 0 Å². The minimum atomic E-state index is -1.04. The molecule has 2 aromatic carbocycles. The van der Waals surface area contributed by atoms with E-state index in [0.29, 0.717) is 11.8 Å². The summed E-state index contributed by atoms with van der Waals surface area (Å²) in [6.07, 6.45) is 1.38. The number of nitrogens with zero attached hydrogens (tertiary/aromatic N) is 3. The van der Waals surface area contributed by atoms with Crippen LogP contribution in [-0.2, 0) is 4.79 Å². The van der Waals surface area contributed by atoms with E-state index in [1.165, 1.54) is 13.1 Å². The van der Waals surface area contributed by atoms with Crippen LogP contribution in [0.2, 0.25) is 0 Å². The molecule has 27 heavy (non-hydrogen) atoms. The van der Waals surface area contributed by atoms with Gasteiger partial charge in [-0.2, -0.15) is 10.1 Å². The van der Waals surface area contributed by atoms with Gasteiger partial charge in [0, 0.05) is 11.6 Å². The first-order valence-corrected chi connectivity index (χ1v) is 8.14. The highest BCUT2D eigenvalue weighted by molar-refractivity contribution is 5.93. The summed E-state index contributed by atoms with van der Waals surface area (Å²) in [6, 6.07) is 9.14. The molecule has 6 nitrogen and oxygen atoms in total. The Balaban J connectivity index is 1.81. The Morgan fingerprint density at radius 2 is 1.85 bits per heavy atom. The van der Waals surface area contributed by atoms with Crippen LogP contribution in [0.1, 0.15) is 18.5 Å². The van der Waals surface area contributed by atoms with Crippen LogP contribution in [0.5, 0.6) is 0 Å². The normalized spacial score (nSPS) is 11.9. The van der Waals surface area contributed by atoms with E-state index >= 15 is 0 Å². The molecule has 0 radical (unpaired) electrons. The number of hydrogen-bond donors (Lipinski definition) is 1. The molecule has 0 aliphatic rings. The quantitative estimate of drug-likeness (QED) is 0.766. The summed E-state index contributed by atoms with van der Waals surface area (Å²) in [7, 11) is 0. The van der Waals surface area contributed by atoms with Crippen LogP contribution in [0.4, 0.5) is 14.5 Å². The SMILES string of the molecule is Cc1ccc(-c2cnn([C@H](C)C(=O)Nc3ccc(F)cc3F)c(=O)n2)cc1. The van der Waals surface area contributed by atoms with Crippen molar-refractivity contribution < 1.29 is 13.6 Å². The van der Waals surface area contributed by atoms with E-state index in [9.17, 15) is 18.4 Å². The van der Waals surface area contributed by atoms with Gasteiger partial charge >= 0.3 is 5.69 Å². The van der Waals surface area contributed by atoms with Gasteiger partial charge in [0.2, 0.25) is 5.91 Å². The average Bonchev–Trinajstić information content (AvgIpc) is 2.64. The van der Waals surface area contributed by atoms with Gasteiger partial charge in [-0.3, -0.25) is 4.79 Å². The molecule has 3 rings (SSSR count). The molecule has 0 fully saturated rings. The zero-order valence-corrected chi connectivity index (χ0v) is 14.6. The van der Waals surface area contributed by atoms with Crippen molar-refractivity contribution in [3.05, 3.63) is 76.3 Å². The average molecular weight is 370 g/mol. The first kappa shape index (κ1) is 18.4. The molecule has 3 aromatic rings. The molecule has 1 heterocycles. The lowest BCUT2D eigenvalue weighted by Gasteiger charge is -2.14. The third-order valence-corrected chi connectivity index (χ3v) is 4.00. The van der Waals surface area contributed by atoms with Crippen LogP contribution in [0.3, 0.4) is 0 Å². The molecule has 0 spiro atoms. The highest BCUT2D eigenvalue weighted by atomic mass is 19.1. The molecule has 0 saturated heterocycles. The van der Waals surface area contributed by atoms with Gasteiger partial charge in [0.15, 0.2) is 0 Å². The molecule has 0 bridgehead atoms.